The molecule has 5 nitrogen and oxygen atoms in total. The number of fused-ring (bicyclic) bond motifs is 2. The molecular formula is C24H30N2O3. The van der Waals surface area contributed by atoms with E-state index < -0.39 is 18.1 Å². The van der Waals surface area contributed by atoms with Crippen LogP contribution in [0, 0.1) is 17.8 Å². The summed E-state index contributed by atoms with van der Waals surface area (Å²) in [6.07, 6.45) is 2.39. The molecule has 4 rings (SSSR count). The van der Waals surface area contributed by atoms with Gasteiger partial charge in [-0.05, 0) is 41.7 Å². The Morgan fingerprint density at radius 1 is 1.00 bits per heavy atom. The van der Waals surface area contributed by atoms with Crippen LogP contribution in [-0.2, 0) is 16.9 Å². The van der Waals surface area contributed by atoms with E-state index in [1.807, 2.05) is 12.1 Å². The topological polar surface area (TPSA) is 72.8 Å². The molecule has 29 heavy (non-hydrogen) atoms. The highest BCUT2D eigenvalue weighted by Gasteiger charge is 2.43. The van der Waals surface area contributed by atoms with Crippen LogP contribution in [0.1, 0.15) is 24.0 Å². The molecule has 154 valence electrons. The van der Waals surface area contributed by atoms with Gasteiger partial charge in [0.05, 0.1) is 6.61 Å². The molecule has 5 heteroatoms. The van der Waals surface area contributed by atoms with Gasteiger partial charge >= 0.3 is 0 Å². The summed E-state index contributed by atoms with van der Waals surface area (Å²) in [5.41, 5.74) is -0.135. The number of carbonyl (C=O) groups excluding carboxylic acids is 1. The summed E-state index contributed by atoms with van der Waals surface area (Å²) in [7, 11) is 0. The maximum absolute atomic E-state index is 12.7. The number of carbonyl (C=O) groups is 1. The predicted molar refractivity (Wildman–Crippen MR) is 112 cm³/mol. The molecular weight excluding hydrogens is 364 g/mol. The van der Waals surface area contributed by atoms with Gasteiger partial charge in [-0.15, -0.1) is 0 Å². The third-order valence-corrected chi connectivity index (χ3v) is 6.71. The maximum Gasteiger partial charge on any atom is 0.259 e. The normalized spacial score (nSPS) is 26.1. The Labute approximate surface area is 172 Å². The monoisotopic (exact) mass is 394 g/mol. The van der Waals surface area contributed by atoms with E-state index in [1.54, 1.807) is 24.3 Å². The van der Waals surface area contributed by atoms with Crippen LogP contribution in [0.15, 0.2) is 60.7 Å². The minimum absolute atomic E-state index is 0.417. The Kier molecular flexibility index (Phi) is 5.99. The van der Waals surface area contributed by atoms with Gasteiger partial charge in [-0.2, -0.15) is 0 Å². The molecule has 1 heterocycles. The van der Waals surface area contributed by atoms with E-state index >= 15 is 0 Å². The van der Waals surface area contributed by atoms with Crippen LogP contribution in [0.2, 0.25) is 0 Å². The van der Waals surface area contributed by atoms with Gasteiger partial charge in [-0.1, -0.05) is 60.7 Å². The second-order valence-electron chi connectivity index (χ2n) is 8.54. The number of nitrogens with one attached hydrogen (secondary N) is 1. The number of rotatable bonds is 7. The maximum atomic E-state index is 12.7. The van der Waals surface area contributed by atoms with E-state index in [9.17, 15) is 15.0 Å². The van der Waals surface area contributed by atoms with E-state index in [0.29, 0.717) is 29.9 Å². The molecule has 2 aromatic carbocycles. The summed E-state index contributed by atoms with van der Waals surface area (Å²) >= 11 is 0. The zero-order chi connectivity index (χ0) is 20.3. The Hall–Kier alpha value is -2.21. The van der Waals surface area contributed by atoms with Gasteiger partial charge in [0, 0.05) is 26.2 Å². The Morgan fingerprint density at radius 3 is 2.17 bits per heavy atom. The fourth-order valence-corrected chi connectivity index (χ4v) is 5.10. The van der Waals surface area contributed by atoms with Crippen molar-refractivity contribution in [1.82, 2.24) is 10.2 Å². The SMILES string of the molecule is O=C(NCC1C2CCC1CN(Cc1ccccc1)C2)[C@@](O)(CO)c1ccccc1. The lowest BCUT2D eigenvalue weighted by atomic mass is 9.84. The largest absolute Gasteiger partial charge is 0.392 e. The fraction of sp³-hybridized carbons (Fsp3) is 0.458. The molecule has 2 bridgehead atoms. The molecule has 3 atom stereocenters. The van der Waals surface area contributed by atoms with Crippen LogP contribution in [0.5, 0.6) is 0 Å². The number of amides is 1. The molecule has 1 amide bonds. The van der Waals surface area contributed by atoms with Crippen LogP contribution in [0.3, 0.4) is 0 Å². The molecule has 0 radical (unpaired) electrons. The lowest BCUT2D eigenvalue weighted by molar-refractivity contribution is -0.145. The number of nitrogens with zero attached hydrogens (tertiary/aromatic N) is 1. The van der Waals surface area contributed by atoms with Crippen molar-refractivity contribution >= 4 is 5.91 Å². The van der Waals surface area contributed by atoms with Crippen molar-refractivity contribution in [2.75, 3.05) is 26.2 Å². The van der Waals surface area contributed by atoms with Gasteiger partial charge in [-0.25, -0.2) is 0 Å². The first-order chi connectivity index (χ1) is 14.1. The van der Waals surface area contributed by atoms with E-state index in [1.165, 1.54) is 18.4 Å². The second-order valence-corrected chi connectivity index (χ2v) is 8.54. The van der Waals surface area contributed by atoms with E-state index in [2.05, 4.69) is 34.5 Å². The van der Waals surface area contributed by atoms with Crippen LogP contribution in [0.25, 0.3) is 0 Å². The lowest BCUT2D eigenvalue weighted by Gasteiger charge is -2.38. The van der Waals surface area contributed by atoms with Crippen molar-refractivity contribution in [2.24, 2.45) is 17.8 Å². The Balaban J connectivity index is 1.35. The van der Waals surface area contributed by atoms with Crippen molar-refractivity contribution in [2.45, 2.75) is 25.0 Å². The molecule has 0 spiro atoms. The second kappa shape index (κ2) is 8.66. The Bertz CT molecular complexity index is 799. The third kappa shape index (κ3) is 4.22. The van der Waals surface area contributed by atoms with Crippen molar-refractivity contribution in [3.05, 3.63) is 71.8 Å². The average Bonchev–Trinajstić information content (AvgIpc) is 3.00. The lowest BCUT2D eigenvalue weighted by Crippen LogP contribution is -2.51. The molecule has 3 N–H and O–H groups in total. The minimum atomic E-state index is -1.89. The van der Waals surface area contributed by atoms with E-state index in [4.69, 9.17) is 0 Å². The summed E-state index contributed by atoms with van der Waals surface area (Å²) in [5, 5.41) is 23.4. The van der Waals surface area contributed by atoms with Gasteiger partial charge in [-0.3, -0.25) is 9.69 Å². The summed E-state index contributed by atoms with van der Waals surface area (Å²) < 4.78 is 0. The highest BCUT2D eigenvalue weighted by Crippen LogP contribution is 2.42. The number of aliphatic hydroxyl groups is 2. The zero-order valence-electron chi connectivity index (χ0n) is 16.7. The molecule has 0 aromatic heterocycles. The van der Waals surface area contributed by atoms with Gasteiger partial charge < -0.3 is 15.5 Å². The summed E-state index contributed by atoms with van der Waals surface area (Å²) in [6.45, 7) is 3.00. The molecule has 2 fully saturated rings. The molecule has 1 saturated heterocycles. The number of likely N-dealkylation sites (tertiary alicyclic amines) is 1. The summed E-state index contributed by atoms with van der Waals surface area (Å²) in [4.78, 5) is 15.3. The minimum Gasteiger partial charge on any atom is -0.392 e. The first-order valence-corrected chi connectivity index (χ1v) is 10.5. The number of piperidine rings is 1. The molecule has 2 aliphatic rings. The van der Waals surface area contributed by atoms with Crippen LogP contribution in [0.4, 0.5) is 0 Å². The van der Waals surface area contributed by atoms with Gasteiger partial charge in [0.1, 0.15) is 0 Å². The van der Waals surface area contributed by atoms with Crippen LogP contribution in [-0.4, -0.2) is 47.3 Å². The first-order valence-electron chi connectivity index (χ1n) is 10.5. The Morgan fingerprint density at radius 2 is 1.59 bits per heavy atom. The zero-order valence-corrected chi connectivity index (χ0v) is 16.7. The fourth-order valence-electron chi connectivity index (χ4n) is 5.10. The van der Waals surface area contributed by atoms with E-state index in [-0.39, 0.29) is 0 Å². The number of hydrogen-bond acceptors (Lipinski definition) is 4. The number of benzene rings is 2. The average molecular weight is 395 g/mol. The molecule has 2 aromatic rings. The van der Waals surface area contributed by atoms with Gasteiger partial charge in [0.2, 0.25) is 0 Å². The van der Waals surface area contributed by atoms with Gasteiger partial charge in [0.25, 0.3) is 5.91 Å². The smallest absolute Gasteiger partial charge is 0.259 e. The predicted octanol–water partition coefficient (Wildman–Crippen LogP) is 2.14. The third-order valence-electron chi connectivity index (χ3n) is 6.71. The van der Waals surface area contributed by atoms with E-state index in [0.717, 1.165) is 19.6 Å². The first kappa shape index (κ1) is 20.1. The highest BCUT2D eigenvalue weighted by atomic mass is 16.3. The summed E-state index contributed by atoms with van der Waals surface area (Å²) in [5.74, 6) is 1.05. The quantitative estimate of drug-likeness (QED) is 0.673. The van der Waals surface area contributed by atoms with Gasteiger partial charge in [0.15, 0.2) is 5.60 Å². The standard InChI is InChI=1S/C24H30N2O3/c27-17-24(29,21-9-5-2-6-10-21)23(28)25-13-22-19-11-12-20(22)16-26(15-19)14-18-7-3-1-4-8-18/h1-10,19-20,22,27,29H,11-17H2,(H,25,28)/t19?,20?,22?,24-/m1/s1. The molecule has 1 aliphatic carbocycles. The molecule has 1 aliphatic heterocycles. The van der Waals surface area contributed by atoms with Crippen molar-refractivity contribution in [3.63, 3.8) is 0 Å². The van der Waals surface area contributed by atoms with Crippen LogP contribution >= 0.6 is 0 Å². The number of hydrogen-bond donors (Lipinski definition) is 3. The number of aliphatic hydroxyl groups excluding tert-OH is 1. The van der Waals surface area contributed by atoms with Crippen molar-refractivity contribution < 1.29 is 15.0 Å². The van der Waals surface area contributed by atoms with Crippen molar-refractivity contribution in [1.29, 1.82) is 0 Å². The van der Waals surface area contributed by atoms with Crippen molar-refractivity contribution in [3.8, 4) is 0 Å². The summed E-state index contributed by atoms with van der Waals surface area (Å²) in [6, 6.07) is 19.2. The molecule has 1 saturated carbocycles. The van der Waals surface area contributed by atoms with Crippen LogP contribution < -0.4 is 5.32 Å². The highest BCUT2D eigenvalue weighted by molar-refractivity contribution is 5.86. The molecule has 2 unspecified atom stereocenters.